The molecule has 0 atom stereocenters. The van der Waals surface area contributed by atoms with Crippen LogP contribution in [0.15, 0.2) is 0 Å². The molecule has 3 nitrogen and oxygen atoms in total. The average molecular weight is 185 g/mol. The molecule has 0 saturated carbocycles. The molecule has 5 heteroatoms. The minimum Gasteiger partial charge on any atom is -0.354 e. The summed E-state index contributed by atoms with van der Waals surface area (Å²) < 4.78 is 0. The summed E-state index contributed by atoms with van der Waals surface area (Å²) in [5.74, 6) is 4.94. The Kier molecular flexibility index (Phi) is 7.52. The molecule has 0 unspecified atom stereocenters. The second kappa shape index (κ2) is 5.41. The van der Waals surface area contributed by atoms with Crippen LogP contribution >= 0.6 is 12.2 Å². The van der Waals surface area contributed by atoms with Gasteiger partial charge in [0.15, 0.2) is 5.11 Å². The second-order valence-electron chi connectivity index (χ2n) is 1.34. The van der Waals surface area contributed by atoms with Crippen molar-refractivity contribution in [2.45, 2.75) is 0 Å². The van der Waals surface area contributed by atoms with E-state index in [0.29, 0.717) is 5.11 Å². The van der Waals surface area contributed by atoms with Crippen molar-refractivity contribution in [3.8, 4) is 0 Å². The Labute approximate surface area is 67.3 Å². The Morgan fingerprint density at radius 3 is 2.00 bits per heavy atom. The van der Waals surface area contributed by atoms with Gasteiger partial charge in [-0.3, -0.25) is 0 Å². The number of hydrogen-bond donors (Lipinski definition) is 2. The van der Waals surface area contributed by atoms with Crippen LogP contribution in [0, 0.1) is 0 Å². The minimum absolute atomic E-state index is 0. The third-order valence-electron chi connectivity index (χ3n) is 0.530. The van der Waals surface area contributed by atoms with Crippen molar-refractivity contribution >= 4 is 17.3 Å². The monoisotopic (exact) mass is 183 g/mol. The molecule has 8 heavy (non-hydrogen) atoms. The average Bonchev–Trinajstić information content (AvgIpc) is 1.65. The summed E-state index contributed by atoms with van der Waals surface area (Å²) in [6.45, 7) is 0. The van der Waals surface area contributed by atoms with Gasteiger partial charge in [-0.2, -0.15) is 0 Å². The predicted molar refractivity (Wildman–Crippen MR) is 33.6 cm³/mol. The number of hydrazine groups is 1. The smallest absolute Gasteiger partial charge is 0.182 e. The Bertz CT molecular complexity index is 74.9. The van der Waals surface area contributed by atoms with Crippen LogP contribution in [0.3, 0.4) is 0 Å². The summed E-state index contributed by atoms with van der Waals surface area (Å²) in [7, 11) is 3.64. The fourth-order valence-electron chi connectivity index (χ4n) is 0.129. The van der Waals surface area contributed by atoms with Crippen molar-refractivity contribution in [3.05, 3.63) is 0 Å². The molecule has 0 bridgehead atoms. The van der Waals surface area contributed by atoms with Crippen molar-refractivity contribution in [2.75, 3.05) is 14.1 Å². The Hall–Kier alpha value is 0.273. The summed E-state index contributed by atoms with van der Waals surface area (Å²) >= 11 is 4.67. The first-order valence-corrected chi connectivity index (χ1v) is 2.27. The first kappa shape index (κ1) is 11.1. The third-order valence-corrected chi connectivity index (χ3v) is 1.01. The van der Waals surface area contributed by atoms with E-state index in [4.69, 9.17) is 5.84 Å². The Morgan fingerprint density at radius 2 is 2.00 bits per heavy atom. The normalized spacial score (nSPS) is 6.88. The summed E-state index contributed by atoms with van der Waals surface area (Å²) in [5, 5.41) is 0.542. The molecular weight excluding hydrogens is 176 g/mol. The van der Waals surface area contributed by atoms with E-state index >= 15 is 0 Å². The van der Waals surface area contributed by atoms with Gasteiger partial charge in [0.1, 0.15) is 0 Å². The SMILES string of the molecule is CN(C)C(=S)NN.[Zn]. The number of nitrogens with two attached hydrogens (primary N) is 1. The van der Waals surface area contributed by atoms with E-state index < -0.39 is 0 Å². The van der Waals surface area contributed by atoms with E-state index in [-0.39, 0.29) is 19.5 Å². The van der Waals surface area contributed by atoms with Gasteiger partial charge in [0, 0.05) is 33.6 Å². The Balaban J connectivity index is 0. The van der Waals surface area contributed by atoms with Gasteiger partial charge in [0.05, 0.1) is 0 Å². The summed E-state index contributed by atoms with van der Waals surface area (Å²) in [5.41, 5.74) is 2.32. The maximum Gasteiger partial charge on any atom is 0.182 e. The van der Waals surface area contributed by atoms with Crippen LogP contribution in [0.1, 0.15) is 0 Å². The number of nitrogens with zero attached hydrogens (tertiary/aromatic N) is 1. The number of nitrogens with one attached hydrogen (secondary N) is 1. The van der Waals surface area contributed by atoms with Gasteiger partial charge in [0.2, 0.25) is 0 Å². The van der Waals surface area contributed by atoms with Crippen molar-refractivity contribution in [1.29, 1.82) is 0 Å². The van der Waals surface area contributed by atoms with Gasteiger partial charge in [-0.05, 0) is 12.2 Å². The molecule has 44 valence electrons. The molecular formula is C3H9N3SZn. The van der Waals surface area contributed by atoms with Crippen molar-refractivity contribution in [1.82, 2.24) is 10.3 Å². The topological polar surface area (TPSA) is 41.3 Å². The molecule has 0 aromatic carbocycles. The zero-order chi connectivity index (χ0) is 5.86. The summed E-state index contributed by atoms with van der Waals surface area (Å²) in [6, 6.07) is 0. The van der Waals surface area contributed by atoms with Crippen LogP contribution in [0.25, 0.3) is 0 Å². The van der Waals surface area contributed by atoms with Crippen LogP contribution in [0.5, 0.6) is 0 Å². The van der Waals surface area contributed by atoms with Gasteiger partial charge in [0.25, 0.3) is 0 Å². The van der Waals surface area contributed by atoms with Crippen LogP contribution in [0.2, 0.25) is 0 Å². The number of thiocarbonyl (C=S) groups is 1. The predicted octanol–water partition coefficient (Wildman–Crippen LogP) is -0.706. The number of rotatable bonds is 0. The summed E-state index contributed by atoms with van der Waals surface area (Å²) in [6.07, 6.45) is 0. The van der Waals surface area contributed by atoms with Crippen molar-refractivity contribution < 1.29 is 19.5 Å². The number of hydrogen-bond acceptors (Lipinski definition) is 2. The molecule has 0 fully saturated rings. The van der Waals surface area contributed by atoms with Gasteiger partial charge < -0.3 is 10.3 Å². The molecule has 0 rings (SSSR count). The molecule has 0 aliphatic heterocycles. The minimum atomic E-state index is 0. The molecule has 0 aromatic heterocycles. The molecule has 0 amide bonds. The van der Waals surface area contributed by atoms with Crippen LogP contribution in [-0.4, -0.2) is 24.1 Å². The first-order valence-electron chi connectivity index (χ1n) is 1.86. The van der Waals surface area contributed by atoms with Crippen molar-refractivity contribution in [3.63, 3.8) is 0 Å². The van der Waals surface area contributed by atoms with Crippen LogP contribution in [0.4, 0.5) is 0 Å². The molecule has 0 spiro atoms. The zero-order valence-corrected chi connectivity index (χ0v) is 8.92. The van der Waals surface area contributed by atoms with E-state index in [1.54, 1.807) is 4.90 Å². The van der Waals surface area contributed by atoms with Gasteiger partial charge in [-0.25, -0.2) is 5.84 Å². The first-order chi connectivity index (χ1) is 3.18. The molecule has 3 N–H and O–H groups in total. The second-order valence-corrected chi connectivity index (χ2v) is 1.73. The third kappa shape index (κ3) is 4.43. The van der Waals surface area contributed by atoms with E-state index in [1.807, 2.05) is 14.1 Å². The standard InChI is InChI=1S/C3H9N3S.Zn/c1-6(2)3(7)5-4;/h4H2,1-2H3,(H,5,7);. The van der Waals surface area contributed by atoms with E-state index in [1.165, 1.54) is 0 Å². The fraction of sp³-hybridized carbons (Fsp3) is 0.667. The van der Waals surface area contributed by atoms with Gasteiger partial charge in [-0.1, -0.05) is 0 Å². The molecule has 0 aliphatic rings. The molecule has 0 heterocycles. The molecule has 0 radical (unpaired) electrons. The molecule has 0 aliphatic carbocycles. The van der Waals surface area contributed by atoms with Crippen LogP contribution in [-0.2, 0) is 19.5 Å². The zero-order valence-electron chi connectivity index (χ0n) is 5.14. The van der Waals surface area contributed by atoms with E-state index in [0.717, 1.165) is 0 Å². The van der Waals surface area contributed by atoms with Gasteiger partial charge >= 0.3 is 0 Å². The molecule has 0 aromatic rings. The van der Waals surface area contributed by atoms with Gasteiger partial charge in [-0.15, -0.1) is 0 Å². The summed E-state index contributed by atoms with van der Waals surface area (Å²) in [4.78, 5) is 1.72. The largest absolute Gasteiger partial charge is 0.354 e. The Morgan fingerprint density at radius 1 is 1.62 bits per heavy atom. The fourth-order valence-corrected chi connectivity index (χ4v) is 0.129. The quantitative estimate of drug-likeness (QED) is 0.226. The van der Waals surface area contributed by atoms with Crippen LogP contribution < -0.4 is 11.3 Å². The van der Waals surface area contributed by atoms with Crippen molar-refractivity contribution in [2.24, 2.45) is 5.84 Å². The maximum absolute atomic E-state index is 4.94. The van der Waals surface area contributed by atoms with E-state index in [2.05, 4.69) is 17.6 Å². The maximum atomic E-state index is 4.94. The molecule has 0 saturated heterocycles. The van der Waals surface area contributed by atoms with E-state index in [9.17, 15) is 0 Å².